The van der Waals surface area contributed by atoms with Crippen molar-refractivity contribution in [3.05, 3.63) is 70.3 Å². The molecule has 2 bridgehead atoms. The maximum Gasteiger partial charge on any atom is 0.284 e. The van der Waals surface area contributed by atoms with Gasteiger partial charge in [0, 0.05) is 40.0 Å². The Morgan fingerprint density at radius 3 is 2.78 bits per heavy atom. The first-order valence-electron chi connectivity index (χ1n) is 13.6. The van der Waals surface area contributed by atoms with Gasteiger partial charge in [0.1, 0.15) is 5.75 Å². The maximum absolute atomic E-state index is 13.0. The number of thiol groups is 1. The molecule has 0 aromatic heterocycles. The van der Waals surface area contributed by atoms with E-state index in [1.54, 1.807) is 6.07 Å². The van der Waals surface area contributed by atoms with E-state index in [1.165, 1.54) is 11.1 Å². The summed E-state index contributed by atoms with van der Waals surface area (Å²) in [6.07, 6.45) is 11.4. The average molecular weight is 543 g/mol. The highest BCUT2D eigenvalue weighted by Gasteiger charge is 2.20. The average Bonchev–Trinajstić information content (AvgIpc) is 2.90. The summed E-state index contributed by atoms with van der Waals surface area (Å²) in [6, 6.07) is 11.7. The van der Waals surface area contributed by atoms with Crippen LogP contribution in [0.3, 0.4) is 0 Å². The molecular weight excluding hydrogens is 504 g/mol. The molecule has 0 radical (unpaired) electrons. The summed E-state index contributed by atoms with van der Waals surface area (Å²) in [4.78, 5) is 15.4. The molecule has 2 aromatic carbocycles. The van der Waals surface area contributed by atoms with Gasteiger partial charge in [-0.15, -0.1) is 0 Å². The number of anilines is 1. The number of aryl methyl sites for hydroxylation is 1. The van der Waals surface area contributed by atoms with E-state index >= 15 is 0 Å². The van der Waals surface area contributed by atoms with Gasteiger partial charge in [-0.1, -0.05) is 50.1 Å². The topological polar surface area (TPSA) is 59.0 Å². The standard InChI is InChI=1S/C30H39ClN2O3S/c1-3-23-9-5-4-8-22(2)21-37(35)32-30(34)25-12-14-29-28(19-25)33(16-15-23)20-26-11-13-27(31)18-24(26)10-6-7-17-36-29/h4-5,11-14,18-19,22-23,37H,3,6-10,15-17,20-21H2,1-2H3/b5-4+/t22-,23-/m0/s1. The number of allylic oxidation sites excluding steroid dienone is 2. The number of nitrogens with zero attached hydrogens (tertiary/aromatic N) is 2. The number of carbonyl (C=O) groups excluding carboxylic acids is 1. The molecule has 0 saturated carbocycles. The van der Waals surface area contributed by atoms with Crippen molar-refractivity contribution in [2.75, 3.05) is 23.8 Å². The van der Waals surface area contributed by atoms with Crippen LogP contribution in [0.5, 0.6) is 5.75 Å². The first-order valence-corrected chi connectivity index (χ1v) is 15.3. The van der Waals surface area contributed by atoms with Gasteiger partial charge >= 0.3 is 0 Å². The van der Waals surface area contributed by atoms with Gasteiger partial charge in [0.2, 0.25) is 0 Å². The lowest BCUT2D eigenvalue weighted by Crippen LogP contribution is -2.27. The van der Waals surface area contributed by atoms with Gasteiger partial charge in [-0.25, -0.2) is 0 Å². The maximum atomic E-state index is 13.0. The molecule has 0 N–H and O–H groups in total. The van der Waals surface area contributed by atoms with E-state index in [-0.39, 0.29) is 5.92 Å². The van der Waals surface area contributed by atoms with E-state index < -0.39 is 16.5 Å². The summed E-state index contributed by atoms with van der Waals surface area (Å²) in [5.41, 5.74) is 3.86. The highest BCUT2D eigenvalue weighted by molar-refractivity contribution is 7.75. The van der Waals surface area contributed by atoms with E-state index in [4.69, 9.17) is 16.3 Å². The summed E-state index contributed by atoms with van der Waals surface area (Å²) in [5.74, 6) is 1.55. The van der Waals surface area contributed by atoms with Crippen LogP contribution >= 0.6 is 11.6 Å². The van der Waals surface area contributed by atoms with Gasteiger partial charge < -0.3 is 9.64 Å². The van der Waals surface area contributed by atoms with Crippen LogP contribution in [-0.2, 0) is 23.6 Å². The highest BCUT2D eigenvalue weighted by Crippen LogP contribution is 2.34. The van der Waals surface area contributed by atoms with Crippen LogP contribution in [0, 0.1) is 11.8 Å². The molecule has 0 saturated heterocycles. The summed E-state index contributed by atoms with van der Waals surface area (Å²) in [6.45, 7) is 6.47. The van der Waals surface area contributed by atoms with Gasteiger partial charge in [-0.05, 0) is 91.8 Å². The van der Waals surface area contributed by atoms with Crippen molar-refractivity contribution >= 4 is 33.8 Å². The molecule has 2 aliphatic rings. The van der Waals surface area contributed by atoms with Crippen molar-refractivity contribution in [2.45, 2.75) is 65.3 Å². The minimum atomic E-state index is -1.95. The fraction of sp³-hybridized carbons (Fsp3) is 0.500. The second-order valence-corrected chi connectivity index (χ2v) is 12.1. The van der Waals surface area contributed by atoms with Gasteiger partial charge in [0.25, 0.3) is 5.91 Å². The van der Waals surface area contributed by atoms with Crippen LogP contribution < -0.4 is 9.64 Å². The Hall–Kier alpha value is -2.31. The minimum Gasteiger partial charge on any atom is -0.491 e. The Labute approximate surface area is 228 Å². The van der Waals surface area contributed by atoms with E-state index in [0.29, 0.717) is 30.4 Å². The molecule has 1 unspecified atom stereocenters. The Morgan fingerprint density at radius 1 is 1.11 bits per heavy atom. The first-order chi connectivity index (χ1) is 17.9. The molecule has 2 aliphatic heterocycles. The van der Waals surface area contributed by atoms with Gasteiger partial charge in [0.15, 0.2) is 0 Å². The number of ether oxygens (including phenoxy) is 1. The molecule has 5 nitrogen and oxygen atoms in total. The number of carbonyl (C=O) groups is 1. The van der Waals surface area contributed by atoms with E-state index in [2.05, 4.69) is 47.4 Å². The number of benzene rings is 2. The lowest BCUT2D eigenvalue weighted by atomic mass is 9.96. The van der Waals surface area contributed by atoms with Crippen molar-refractivity contribution in [2.24, 2.45) is 16.2 Å². The number of hydrogen-bond acceptors (Lipinski definition) is 4. The van der Waals surface area contributed by atoms with Crippen LogP contribution in [0.4, 0.5) is 5.69 Å². The van der Waals surface area contributed by atoms with Crippen molar-refractivity contribution in [1.82, 2.24) is 0 Å². The van der Waals surface area contributed by atoms with E-state index in [9.17, 15) is 9.00 Å². The molecule has 37 heavy (non-hydrogen) atoms. The summed E-state index contributed by atoms with van der Waals surface area (Å²) in [7, 11) is -1.95. The van der Waals surface area contributed by atoms with Crippen molar-refractivity contribution < 1.29 is 13.7 Å². The molecule has 3 atom stereocenters. The largest absolute Gasteiger partial charge is 0.491 e. The first kappa shape index (κ1) is 27.7. The van der Waals surface area contributed by atoms with Gasteiger partial charge in [-0.3, -0.25) is 9.00 Å². The second kappa shape index (κ2) is 13.5. The molecule has 7 heteroatoms. The van der Waals surface area contributed by atoms with E-state index in [0.717, 1.165) is 68.0 Å². The van der Waals surface area contributed by atoms with Gasteiger partial charge in [0.05, 0.1) is 12.3 Å². The molecule has 2 aromatic rings. The number of fused-ring (bicyclic) bond motifs is 2. The highest BCUT2D eigenvalue weighted by atomic mass is 35.5. The predicted molar refractivity (Wildman–Crippen MR) is 154 cm³/mol. The quantitative estimate of drug-likeness (QED) is 0.304. The number of rotatable bonds is 1. The molecule has 0 fully saturated rings. The zero-order chi connectivity index (χ0) is 26.2. The van der Waals surface area contributed by atoms with Crippen LogP contribution in [0.15, 0.2) is 52.9 Å². The second-order valence-electron chi connectivity index (χ2n) is 10.4. The molecule has 200 valence electrons. The Balaban J connectivity index is 1.78. The van der Waals surface area contributed by atoms with Crippen LogP contribution in [0.25, 0.3) is 0 Å². The SMILES string of the molecule is CC[C@H]1C/C=C/C[C@H](C)C/[SH](=O)=N\C(=O)c2ccc3c(c2)N(CC1)Cc1ccc(Cl)cc1CCCCO3. The van der Waals surface area contributed by atoms with Crippen molar-refractivity contribution in [3.63, 3.8) is 0 Å². The molecule has 1 amide bonds. The molecule has 0 spiro atoms. The minimum absolute atomic E-state index is 0.217. The van der Waals surface area contributed by atoms with Crippen LogP contribution in [-0.4, -0.2) is 29.0 Å². The summed E-state index contributed by atoms with van der Waals surface area (Å²) >= 11 is 6.37. The van der Waals surface area contributed by atoms with Crippen molar-refractivity contribution in [1.29, 1.82) is 0 Å². The molecule has 0 aliphatic carbocycles. The fourth-order valence-electron chi connectivity index (χ4n) is 5.08. The van der Waals surface area contributed by atoms with Gasteiger partial charge in [-0.2, -0.15) is 4.36 Å². The normalized spacial score (nSPS) is 25.1. The fourth-order valence-corrected chi connectivity index (χ4v) is 6.35. The number of hydrogen-bond donors (Lipinski definition) is 1. The molecule has 2 heterocycles. The predicted octanol–water partition coefficient (Wildman–Crippen LogP) is 7.27. The Kier molecular flexibility index (Phi) is 10.1. The smallest absolute Gasteiger partial charge is 0.284 e. The van der Waals surface area contributed by atoms with Crippen LogP contribution in [0.1, 0.15) is 73.9 Å². The zero-order valence-corrected chi connectivity index (χ0v) is 23.6. The monoisotopic (exact) mass is 542 g/mol. The zero-order valence-electron chi connectivity index (χ0n) is 22.0. The molecular formula is C30H39ClN2O3S. The third kappa shape index (κ3) is 7.84. The Morgan fingerprint density at radius 2 is 1.95 bits per heavy atom. The number of halogens is 1. The lowest BCUT2D eigenvalue weighted by Gasteiger charge is -2.29. The Bertz CT molecular complexity index is 1210. The lowest BCUT2D eigenvalue weighted by molar-refractivity contribution is 0.100. The summed E-state index contributed by atoms with van der Waals surface area (Å²) in [5, 5.41) is 0.758. The third-order valence-electron chi connectivity index (χ3n) is 7.40. The van der Waals surface area contributed by atoms with Crippen molar-refractivity contribution in [3.8, 4) is 5.75 Å². The summed E-state index contributed by atoms with van der Waals surface area (Å²) < 4.78 is 23.0. The molecule has 4 rings (SSSR count). The van der Waals surface area contributed by atoms with E-state index in [1.807, 2.05) is 18.2 Å². The third-order valence-corrected chi connectivity index (χ3v) is 8.98. The number of amides is 1. The van der Waals surface area contributed by atoms with Crippen LogP contribution in [0.2, 0.25) is 5.02 Å².